The molecule has 28 heavy (non-hydrogen) atoms. The van der Waals surface area contributed by atoms with Crippen molar-refractivity contribution >= 4 is 23.3 Å². The van der Waals surface area contributed by atoms with Crippen molar-refractivity contribution in [2.24, 2.45) is 0 Å². The van der Waals surface area contributed by atoms with Crippen LogP contribution in [0.25, 0.3) is 0 Å². The maximum atomic E-state index is 12.6. The molecular weight excluding hydrogens is 368 g/mol. The number of benzene rings is 2. The summed E-state index contributed by atoms with van der Waals surface area (Å²) in [5, 5.41) is 23.2. The van der Waals surface area contributed by atoms with Crippen molar-refractivity contribution in [3.05, 3.63) is 57.6 Å². The van der Waals surface area contributed by atoms with Crippen molar-refractivity contribution in [3.63, 3.8) is 0 Å². The summed E-state index contributed by atoms with van der Waals surface area (Å²) in [6.07, 6.45) is 0. The van der Waals surface area contributed by atoms with Gasteiger partial charge in [0.1, 0.15) is 5.56 Å². The number of hydrogen-bond acceptors (Lipinski definition) is 6. The molecule has 0 aliphatic heterocycles. The van der Waals surface area contributed by atoms with Gasteiger partial charge in [0.05, 0.1) is 30.6 Å². The summed E-state index contributed by atoms with van der Waals surface area (Å²) in [5.74, 6) is -1.38. The van der Waals surface area contributed by atoms with Crippen molar-refractivity contribution in [2.45, 2.75) is 19.3 Å². The van der Waals surface area contributed by atoms with Gasteiger partial charge in [0, 0.05) is 11.8 Å². The number of anilines is 1. The number of carbonyl (C=O) groups excluding carboxylic acids is 1. The summed E-state index contributed by atoms with van der Waals surface area (Å²) in [6.45, 7) is 3.13. The molecule has 148 valence electrons. The predicted octanol–water partition coefficient (Wildman–Crippen LogP) is 3.23. The van der Waals surface area contributed by atoms with E-state index in [1.807, 2.05) is 0 Å². The number of amides is 1. The van der Waals surface area contributed by atoms with Gasteiger partial charge in [0.25, 0.3) is 11.6 Å². The van der Waals surface area contributed by atoms with E-state index < -0.39 is 27.9 Å². The molecule has 0 aliphatic rings. The monoisotopic (exact) mass is 388 g/mol. The topological polar surface area (TPSA) is 128 Å². The number of methoxy groups -OCH3 is 2. The zero-order chi connectivity index (χ0) is 21.1. The smallest absolute Gasteiger partial charge is 0.313 e. The van der Waals surface area contributed by atoms with Crippen LogP contribution in [0.4, 0.5) is 11.4 Å². The zero-order valence-corrected chi connectivity index (χ0v) is 15.8. The molecule has 2 N–H and O–H groups in total. The molecule has 2 aromatic rings. The molecule has 0 saturated carbocycles. The number of rotatable bonds is 7. The van der Waals surface area contributed by atoms with Crippen molar-refractivity contribution in [1.82, 2.24) is 0 Å². The van der Waals surface area contributed by atoms with Gasteiger partial charge in [0.15, 0.2) is 11.5 Å². The summed E-state index contributed by atoms with van der Waals surface area (Å²) >= 11 is 0. The number of nitro benzene ring substituents is 1. The highest BCUT2D eigenvalue weighted by molar-refractivity contribution is 6.07. The normalized spacial score (nSPS) is 10.9. The average molecular weight is 388 g/mol. The highest BCUT2D eigenvalue weighted by Crippen LogP contribution is 2.35. The third-order valence-corrected chi connectivity index (χ3v) is 4.34. The van der Waals surface area contributed by atoms with Gasteiger partial charge in [-0.3, -0.25) is 19.7 Å². The Morgan fingerprint density at radius 3 is 2.07 bits per heavy atom. The van der Waals surface area contributed by atoms with Crippen LogP contribution in [0.3, 0.4) is 0 Å². The number of nitro groups is 1. The fraction of sp³-hybridized carbons (Fsp3) is 0.263. The minimum Gasteiger partial charge on any atom is -0.493 e. The number of nitrogens with one attached hydrogen (secondary N) is 1. The SMILES string of the molecule is COc1cc(C(=O)Nc2ccc(C(C)(C)C(=O)O)cc2)c([N+](=O)[O-])cc1OC. The van der Waals surface area contributed by atoms with E-state index in [2.05, 4.69) is 5.32 Å². The molecule has 0 atom stereocenters. The number of carboxylic acids is 1. The van der Waals surface area contributed by atoms with E-state index in [1.54, 1.807) is 26.0 Å². The van der Waals surface area contributed by atoms with Crippen LogP contribution in [-0.2, 0) is 10.2 Å². The van der Waals surface area contributed by atoms with Gasteiger partial charge < -0.3 is 19.9 Å². The van der Waals surface area contributed by atoms with Crippen molar-refractivity contribution in [2.75, 3.05) is 19.5 Å². The quantitative estimate of drug-likeness (QED) is 0.550. The van der Waals surface area contributed by atoms with Crippen LogP contribution in [0.15, 0.2) is 36.4 Å². The second-order valence-corrected chi connectivity index (χ2v) is 6.44. The summed E-state index contributed by atoms with van der Waals surface area (Å²) in [4.78, 5) is 34.6. The molecule has 0 unspecified atom stereocenters. The Kier molecular flexibility index (Phi) is 5.87. The van der Waals surface area contributed by atoms with Gasteiger partial charge >= 0.3 is 5.97 Å². The van der Waals surface area contributed by atoms with E-state index in [9.17, 15) is 24.8 Å². The first-order valence-corrected chi connectivity index (χ1v) is 8.17. The van der Waals surface area contributed by atoms with Crippen molar-refractivity contribution in [1.29, 1.82) is 0 Å². The number of aliphatic carboxylic acids is 1. The van der Waals surface area contributed by atoms with Gasteiger partial charge in [-0.15, -0.1) is 0 Å². The maximum Gasteiger partial charge on any atom is 0.313 e. The fourth-order valence-corrected chi connectivity index (χ4v) is 2.49. The van der Waals surface area contributed by atoms with Gasteiger partial charge in [-0.05, 0) is 31.5 Å². The standard InChI is InChI=1S/C19H20N2O7/c1-19(2,18(23)24)11-5-7-12(8-6-11)20-17(22)13-9-15(27-3)16(28-4)10-14(13)21(25)26/h5-10H,1-4H3,(H,20,22)(H,23,24). The van der Waals surface area contributed by atoms with Crippen LogP contribution >= 0.6 is 0 Å². The Hall–Kier alpha value is -3.62. The summed E-state index contributed by atoms with van der Waals surface area (Å²) in [5.41, 5.74) is -0.810. The largest absolute Gasteiger partial charge is 0.493 e. The third-order valence-electron chi connectivity index (χ3n) is 4.34. The van der Waals surface area contributed by atoms with Gasteiger partial charge in [0.2, 0.25) is 0 Å². The van der Waals surface area contributed by atoms with E-state index >= 15 is 0 Å². The molecule has 0 fully saturated rings. The molecule has 2 aromatic carbocycles. The Morgan fingerprint density at radius 1 is 1.07 bits per heavy atom. The molecule has 9 nitrogen and oxygen atoms in total. The maximum absolute atomic E-state index is 12.6. The Balaban J connectivity index is 2.35. The van der Waals surface area contributed by atoms with E-state index in [0.717, 1.165) is 6.07 Å². The molecule has 0 saturated heterocycles. The van der Waals surface area contributed by atoms with Gasteiger partial charge in [-0.25, -0.2) is 0 Å². The van der Waals surface area contributed by atoms with E-state index in [1.165, 1.54) is 32.4 Å². The number of carboxylic acid groups (broad SMARTS) is 1. The first kappa shape index (κ1) is 20.7. The molecule has 1 amide bonds. The Bertz CT molecular complexity index is 921. The molecule has 9 heteroatoms. The zero-order valence-electron chi connectivity index (χ0n) is 15.8. The molecule has 0 heterocycles. The third kappa shape index (κ3) is 4.03. The highest BCUT2D eigenvalue weighted by Gasteiger charge is 2.29. The summed E-state index contributed by atoms with van der Waals surface area (Å²) in [7, 11) is 2.69. The minimum atomic E-state index is -1.09. The molecule has 0 aromatic heterocycles. The van der Waals surface area contributed by atoms with Crippen molar-refractivity contribution < 1.29 is 29.1 Å². The first-order chi connectivity index (χ1) is 13.1. The lowest BCUT2D eigenvalue weighted by Crippen LogP contribution is -2.28. The van der Waals surface area contributed by atoms with E-state index in [4.69, 9.17) is 9.47 Å². The highest BCUT2D eigenvalue weighted by atomic mass is 16.6. The van der Waals surface area contributed by atoms with Crippen LogP contribution in [0.5, 0.6) is 11.5 Å². The van der Waals surface area contributed by atoms with Gasteiger partial charge in [-0.2, -0.15) is 0 Å². The Morgan fingerprint density at radius 2 is 1.61 bits per heavy atom. The number of nitrogens with zero attached hydrogens (tertiary/aromatic N) is 1. The Labute approximate surface area is 161 Å². The second kappa shape index (κ2) is 7.95. The van der Waals surface area contributed by atoms with Crippen LogP contribution < -0.4 is 14.8 Å². The molecular formula is C19H20N2O7. The minimum absolute atomic E-state index is 0.131. The van der Waals surface area contributed by atoms with E-state index in [0.29, 0.717) is 11.3 Å². The molecule has 0 spiro atoms. The molecule has 0 aliphatic carbocycles. The van der Waals surface area contributed by atoms with E-state index in [-0.39, 0.29) is 17.1 Å². The molecule has 2 rings (SSSR count). The second-order valence-electron chi connectivity index (χ2n) is 6.44. The van der Waals surface area contributed by atoms with Crippen LogP contribution in [-0.4, -0.2) is 36.1 Å². The average Bonchev–Trinajstić information content (AvgIpc) is 2.66. The lowest BCUT2D eigenvalue weighted by Gasteiger charge is -2.20. The van der Waals surface area contributed by atoms with Crippen LogP contribution in [0.1, 0.15) is 29.8 Å². The fourth-order valence-electron chi connectivity index (χ4n) is 2.49. The first-order valence-electron chi connectivity index (χ1n) is 8.17. The van der Waals surface area contributed by atoms with Crippen molar-refractivity contribution in [3.8, 4) is 11.5 Å². The predicted molar refractivity (Wildman–Crippen MR) is 101 cm³/mol. The van der Waals surface area contributed by atoms with Gasteiger partial charge in [-0.1, -0.05) is 12.1 Å². The lowest BCUT2D eigenvalue weighted by atomic mass is 9.85. The number of ether oxygens (including phenoxy) is 2. The summed E-state index contributed by atoms with van der Waals surface area (Å²) < 4.78 is 10.1. The number of hydrogen-bond donors (Lipinski definition) is 2. The lowest BCUT2D eigenvalue weighted by molar-refractivity contribution is -0.385. The van der Waals surface area contributed by atoms with Crippen LogP contribution in [0, 0.1) is 10.1 Å². The van der Waals surface area contributed by atoms with Crippen LogP contribution in [0.2, 0.25) is 0 Å². The summed E-state index contributed by atoms with van der Waals surface area (Å²) in [6, 6.07) is 8.56. The molecule has 0 bridgehead atoms. The molecule has 0 radical (unpaired) electrons. The number of carbonyl (C=O) groups is 2.